The molecular formula is C79H90F2. The van der Waals surface area contributed by atoms with Crippen molar-refractivity contribution < 1.29 is 8.78 Å². The lowest BCUT2D eigenvalue weighted by Gasteiger charge is -2.22. The molecule has 0 aromatic heterocycles. The number of benzene rings is 9. The van der Waals surface area contributed by atoms with Crippen LogP contribution in [0.4, 0.5) is 8.78 Å². The summed E-state index contributed by atoms with van der Waals surface area (Å²) in [4.78, 5) is 0. The van der Waals surface area contributed by atoms with Crippen LogP contribution in [0.25, 0.3) is 54.9 Å². The molecule has 9 aromatic rings. The van der Waals surface area contributed by atoms with E-state index in [1.807, 2.05) is 52.0 Å². The Balaban J connectivity index is 0.000000130. The van der Waals surface area contributed by atoms with Gasteiger partial charge >= 0.3 is 0 Å². The fraction of sp³-hybridized carbons (Fsp3) is 0.367. The van der Waals surface area contributed by atoms with Gasteiger partial charge in [-0.2, -0.15) is 8.78 Å². The number of halogens is 2. The van der Waals surface area contributed by atoms with Gasteiger partial charge in [-0.1, -0.05) is 244 Å². The van der Waals surface area contributed by atoms with Crippen molar-refractivity contribution >= 4 is 21.5 Å². The van der Waals surface area contributed by atoms with Crippen LogP contribution in [0.2, 0.25) is 0 Å². The van der Waals surface area contributed by atoms with Crippen molar-refractivity contribution in [1.82, 2.24) is 0 Å². The van der Waals surface area contributed by atoms with Crippen molar-refractivity contribution in [3.8, 4) is 33.4 Å². The maximum absolute atomic E-state index is 14.8. The second kappa shape index (κ2) is 24.4. The number of alkyl halides is 2. The summed E-state index contributed by atoms with van der Waals surface area (Å²) < 4.78 is 29.6. The fourth-order valence-electron chi connectivity index (χ4n) is 12.0. The van der Waals surface area contributed by atoms with Gasteiger partial charge < -0.3 is 0 Å². The molecule has 2 heteroatoms. The molecule has 9 aromatic carbocycles. The van der Waals surface area contributed by atoms with E-state index in [2.05, 4.69) is 204 Å². The lowest BCUT2D eigenvalue weighted by atomic mass is 9.82. The third-order valence-corrected chi connectivity index (χ3v) is 17.7. The van der Waals surface area contributed by atoms with Crippen molar-refractivity contribution in [2.75, 3.05) is 0 Å². The highest BCUT2D eigenvalue weighted by molar-refractivity contribution is 5.98. The van der Waals surface area contributed by atoms with Gasteiger partial charge in [0.1, 0.15) is 0 Å². The fourth-order valence-corrected chi connectivity index (χ4v) is 12.0. The molecule has 12 rings (SSSR count). The maximum atomic E-state index is 14.8. The number of hydrogen-bond donors (Lipinski definition) is 0. The molecule has 0 atom stereocenters. The van der Waals surface area contributed by atoms with Gasteiger partial charge in [-0.15, -0.1) is 0 Å². The van der Waals surface area contributed by atoms with Crippen molar-refractivity contribution in [3.05, 3.63) is 236 Å². The zero-order valence-electron chi connectivity index (χ0n) is 51.7. The Kier molecular flexibility index (Phi) is 17.8. The largest absolute Gasteiger partial charge is 0.299 e. The molecule has 0 radical (unpaired) electrons. The minimum absolute atomic E-state index is 0.157. The van der Waals surface area contributed by atoms with Crippen molar-refractivity contribution in [3.63, 3.8) is 0 Å². The number of fused-ring (bicyclic) bond motifs is 11. The molecule has 420 valence electrons. The summed E-state index contributed by atoms with van der Waals surface area (Å²) in [6, 6.07) is 57.5. The van der Waals surface area contributed by atoms with Crippen LogP contribution in [0.15, 0.2) is 158 Å². The third kappa shape index (κ3) is 12.7. The van der Waals surface area contributed by atoms with Crippen LogP contribution in [-0.2, 0) is 31.6 Å². The Morgan fingerprint density at radius 1 is 0.235 bits per heavy atom. The Morgan fingerprint density at radius 2 is 0.444 bits per heavy atom. The molecule has 0 nitrogen and oxygen atoms in total. The van der Waals surface area contributed by atoms with Gasteiger partial charge in [-0.25, -0.2) is 0 Å². The van der Waals surface area contributed by atoms with Gasteiger partial charge in [0, 0.05) is 11.1 Å². The monoisotopic (exact) mass is 1080 g/mol. The summed E-state index contributed by atoms with van der Waals surface area (Å²) in [5.74, 6) is 1.24. The van der Waals surface area contributed by atoms with Gasteiger partial charge in [0.2, 0.25) is 0 Å². The van der Waals surface area contributed by atoms with E-state index in [1.165, 1.54) is 125 Å². The second-order valence-electron chi connectivity index (χ2n) is 26.2. The summed E-state index contributed by atoms with van der Waals surface area (Å²) in [5, 5.41) is 5.37. The molecule has 0 saturated carbocycles. The van der Waals surface area contributed by atoms with Gasteiger partial charge in [0.25, 0.3) is 5.92 Å². The highest BCUT2D eigenvalue weighted by Crippen LogP contribution is 2.52. The van der Waals surface area contributed by atoms with Crippen LogP contribution < -0.4 is 0 Å². The van der Waals surface area contributed by atoms with Crippen LogP contribution in [0, 0.1) is 0 Å². The second-order valence-corrected chi connectivity index (χ2v) is 26.2. The van der Waals surface area contributed by atoms with Crippen molar-refractivity contribution in [2.45, 2.75) is 190 Å². The molecule has 0 aliphatic heterocycles. The molecule has 0 fully saturated rings. The third-order valence-electron chi connectivity index (χ3n) is 17.7. The molecule has 3 aliphatic carbocycles. The van der Waals surface area contributed by atoms with Gasteiger partial charge in [-0.3, -0.25) is 0 Å². The molecule has 0 N–H and O–H groups in total. The summed E-state index contributed by atoms with van der Waals surface area (Å²) >= 11 is 0. The number of rotatable bonds is 8. The van der Waals surface area contributed by atoms with Gasteiger partial charge in [0.15, 0.2) is 0 Å². The SMILES string of the molecule is CC(C)c1ccc2c(c1)C(F)(F)c1cc(C(C)C)ccc1-2.CC(C)c1ccc2c(c1)CCc1cc(C(C)C)ccc1-2.CC(C)c1ccc2c(c1)CCc1cc(C(C)C)ccc1-2.CC(C)c1ccc2cc3cc(C(C)C)ccc3cc2c1. The molecule has 0 spiro atoms. The summed E-state index contributed by atoms with van der Waals surface area (Å²) in [5.41, 5.74) is 24.2. The summed E-state index contributed by atoms with van der Waals surface area (Å²) in [7, 11) is 0. The first kappa shape index (κ1) is 59.0. The van der Waals surface area contributed by atoms with Crippen molar-refractivity contribution in [1.29, 1.82) is 0 Å². The van der Waals surface area contributed by atoms with Gasteiger partial charge in [-0.05, 0) is 219 Å². The molecule has 3 aliphatic rings. The Hall–Kier alpha value is -6.64. The standard InChI is InChI=1S/C20H22.2C20H24.C19H20F2/c1-13(2)15-5-7-17-12-20-10-16(14(3)4)6-8-18(20)11-19(17)9-15;2*1-13(2)15-7-9-19-17(11-15)5-6-18-12-16(14(3)4)8-10-20(18)19;1-11(2)13-5-7-15-16-8-6-14(12(3)4)10-18(16)19(20,21)17(15)9-13/h5-14H,1-4H3;2*7-14H,5-6H2,1-4H3;5-12H,1-4H3. The predicted octanol–water partition coefficient (Wildman–Crippen LogP) is 23.7. The Labute approximate surface area is 486 Å². The average molecular weight is 1080 g/mol. The molecule has 0 unspecified atom stereocenters. The lowest BCUT2D eigenvalue weighted by Crippen LogP contribution is -2.12. The van der Waals surface area contributed by atoms with Crippen LogP contribution in [0.3, 0.4) is 0 Å². The zero-order valence-corrected chi connectivity index (χ0v) is 51.7. The summed E-state index contributed by atoms with van der Waals surface area (Å²) in [6.45, 7) is 35.3. The van der Waals surface area contributed by atoms with E-state index in [4.69, 9.17) is 0 Å². The molecule has 0 heterocycles. The summed E-state index contributed by atoms with van der Waals surface area (Å²) in [6.07, 6.45) is 4.74. The molecule has 81 heavy (non-hydrogen) atoms. The Morgan fingerprint density at radius 3 is 0.691 bits per heavy atom. The van der Waals surface area contributed by atoms with E-state index in [9.17, 15) is 8.78 Å². The first-order chi connectivity index (χ1) is 38.5. The van der Waals surface area contributed by atoms with E-state index < -0.39 is 5.92 Å². The maximum Gasteiger partial charge on any atom is 0.299 e. The predicted molar refractivity (Wildman–Crippen MR) is 348 cm³/mol. The molecule has 0 saturated heterocycles. The topological polar surface area (TPSA) is 0 Å². The smallest absolute Gasteiger partial charge is 0.196 e. The van der Waals surface area contributed by atoms with E-state index in [-0.39, 0.29) is 23.0 Å². The van der Waals surface area contributed by atoms with E-state index in [0.717, 1.165) is 11.1 Å². The van der Waals surface area contributed by atoms with E-state index >= 15 is 0 Å². The minimum atomic E-state index is -2.89. The molecule has 0 amide bonds. The van der Waals surface area contributed by atoms with Crippen LogP contribution in [0.1, 0.15) is 236 Å². The minimum Gasteiger partial charge on any atom is -0.196 e. The highest BCUT2D eigenvalue weighted by Gasteiger charge is 2.44. The van der Waals surface area contributed by atoms with Crippen LogP contribution in [0.5, 0.6) is 0 Å². The highest BCUT2D eigenvalue weighted by atomic mass is 19.3. The number of hydrogen-bond acceptors (Lipinski definition) is 0. The first-order valence-electron chi connectivity index (χ1n) is 30.6. The average Bonchev–Trinajstić information content (AvgIpc) is 3.99. The molecule has 0 bridgehead atoms. The van der Waals surface area contributed by atoms with Crippen LogP contribution in [-0.4, -0.2) is 0 Å². The van der Waals surface area contributed by atoms with Crippen LogP contribution >= 0.6 is 0 Å². The van der Waals surface area contributed by atoms with E-state index in [1.54, 1.807) is 12.1 Å². The quantitative estimate of drug-likeness (QED) is 0.133. The number of aryl methyl sites for hydroxylation is 4. The van der Waals surface area contributed by atoms with Crippen molar-refractivity contribution in [2.24, 2.45) is 0 Å². The zero-order chi connectivity index (χ0) is 58.2. The lowest BCUT2D eigenvalue weighted by molar-refractivity contribution is 0.0478. The first-order valence-corrected chi connectivity index (χ1v) is 30.6. The Bertz CT molecular complexity index is 3350. The normalized spacial score (nSPS) is 13.6. The van der Waals surface area contributed by atoms with E-state index in [0.29, 0.717) is 46.6 Å². The van der Waals surface area contributed by atoms with Gasteiger partial charge in [0.05, 0.1) is 0 Å². The molecular weight excluding hydrogens is 987 g/mol.